The van der Waals surface area contributed by atoms with Crippen LogP contribution in [0.25, 0.3) is 0 Å². The van der Waals surface area contributed by atoms with Gasteiger partial charge in [0.25, 0.3) is 11.8 Å². The van der Waals surface area contributed by atoms with Crippen LogP contribution in [0, 0.1) is 12.8 Å². The lowest BCUT2D eigenvalue weighted by molar-refractivity contribution is -0.135. The first-order valence-corrected chi connectivity index (χ1v) is 18.7. The molecule has 0 fully saturated rings. The number of carbonyl (C=O) groups is 4. The van der Waals surface area contributed by atoms with Crippen molar-refractivity contribution in [1.82, 2.24) is 30.8 Å². The van der Waals surface area contributed by atoms with Gasteiger partial charge in [-0.05, 0) is 36.1 Å². The second-order valence-electron chi connectivity index (χ2n) is 12.3. The molecular formula is C34H39N7O7S2. The van der Waals surface area contributed by atoms with Gasteiger partial charge in [0.15, 0.2) is 5.69 Å². The first-order chi connectivity index (χ1) is 23.8. The number of sulfonamides is 1. The van der Waals surface area contributed by atoms with E-state index < -0.39 is 58.8 Å². The van der Waals surface area contributed by atoms with Crippen molar-refractivity contribution >= 4 is 50.7 Å². The predicted octanol–water partition coefficient (Wildman–Crippen LogP) is 3.00. The average Bonchev–Trinajstić information content (AvgIpc) is 3.76. The van der Waals surface area contributed by atoms with E-state index in [1.807, 2.05) is 44.2 Å². The van der Waals surface area contributed by atoms with Gasteiger partial charge in [-0.25, -0.2) is 18.4 Å². The van der Waals surface area contributed by atoms with E-state index in [1.54, 1.807) is 36.6 Å². The summed E-state index contributed by atoms with van der Waals surface area (Å²) in [6.07, 6.45) is 2.50. The normalized spacial score (nSPS) is 17.7. The number of nitrogens with one attached hydrogen (secondary N) is 3. The molecule has 4 aromatic rings. The van der Waals surface area contributed by atoms with Gasteiger partial charge in [0.1, 0.15) is 29.6 Å². The highest BCUT2D eigenvalue weighted by Crippen LogP contribution is 2.26. The third kappa shape index (κ3) is 9.12. The zero-order valence-electron chi connectivity index (χ0n) is 28.1. The smallest absolute Gasteiger partial charge is 0.273 e. The number of hydrogen-bond acceptors (Lipinski definition) is 10. The quantitative estimate of drug-likeness (QED) is 0.258. The average molecular weight is 722 g/mol. The number of thiazole rings is 1. The summed E-state index contributed by atoms with van der Waals surface area (Å²) < 4.78 is 32.3. The van der Waals surface area contributed by atoms with E-state index in [-0.39, 0.29) is 36.3 Å². The van der Waals surface area contributed by atoms with E-state index in [0.29, 0.717) is 17.1 Å². The van der Waals surface area contributed by atoms with Gasteiger partial charge in [-0.15, -0.1) is 11.3 Å². The SMILES string of the molecule is Cc1cccc(N(CC(=O)N2CCNC(=O)c3coc(n3)[C@H](Cc3ccccc3)NC(=O)c3csc(n3)[C@H](C(C)C)NC(=O)C2)S(C)(=O)=O)c1. The molecule has 0 unspecified atom stereocenters. The Hall–Kier alpha value is -5.09. The first-order valence-electron chi connectivity index (χ1n) is 15.9. The lowest BCUT2D eigenvalue weighted by Gasteiger charge is -2.28. The molecular weight excluding hydrogens is 683 g/mol. The summed E-state index contributed by atoms with van der Waals surface area (Å²) in [6.45, 7) is 4.37. The van der Waals surface area contributed by atoms with E-state index in [4.69, 9.17) is 4.42 Å². The molecule has 264 valence electrons. The summed E-state index contributed by atoms with van der Waals surface area (Å²) in [5, 5.41) is 10.6. The van der Waals surface area contributed by atoms with Crippen LogP contribution in [0.3, 0.4) is 0 Å². The lowest BCUT2D eigenvalue weighted by atomic mass is 10.0. The third-order valence-electron chi connectivity index (χ3n) is 7.97. The van der Waals surface area contributed by atoms with Crippen molar-refractivity contribution in [3.05, 3.63) is 99.7 Å². The van der Waals surface area contributed by atoms with Crippen LogP contribution in [0.1, 0.15) is 68.9 Å². The zero-order chi connectivity index (χ0) is 36.0. The Morgan fingerprint density at radius 2 is 1.80 bits per heavy atom. The number of carbonyl (C=O) groups excluding carboxylic acids is 4. The molecule has 4 amide bonds. The monoisotopic (exact) mass is 721 g/mol. The number of benzene rings is 2. The van der Waals surface area contributed by atoms with E-state index in [2.05, 4.69) is 25.9 Å². The van der Waals surface area contributed by atoms with Crippen LogP contribution < -0.4 is 20.3 Å². The van der Waals surface area contributed by atoms with Gasteiger partial charge in [-0.3, -0.25) is 23.5 Å². The van der Waals surface area contributed by atoms with Crippen molar-refractivity contribution < 1.29 is 32.0 Å². The molecule has 2 aromatic heterocycles. The van der Waals surface area contributed by atoms with E-state index >= 15 is 0 Å². The van der Waals surface area contributed by atoms with Crippen LogP contribution in [-0.2, 0) is 26.0 Å². The van der Waals surface area contributed by atoms with Crippen molar-refractivity contribution in [2.75, 3.05) is 36.7 Å². The van der Waals surface area contributed by atoms with E-state index in [9.17, 15) is 27.6 Å². The minimum Gasteiger partial charge on any atom is -0.446 e. The number of fused-ring (bicyclic) bond motifs is 4. The van der Waals surface area contributed by atoms with Crippen molar-refractivity contribution in [1.29, 1.82) is 0 Å². The molecule has 50 heavy (non-hydrogen) atoms. The molecule has 0 saturated carbocycles. The van der Waals surface area contributed by atoms with Crippen LogP contribution in [0.4, 0.5) is 5.69 Å². The second kappa shape index (κ2) is 15.6. The Bertz CT molecular complexity index is 1960. The molecule has 5 rings (SSSR count). The summed E-state index contributed by atoms with van der Waals surface area (Å²) in [6, 6.07) is 14.8. The molecule has 14 nitrogen and oxygen atoms in total. The highest BCUT2D eigenvalue weighted by Gasteiger charge is 2.30. The zero-order valence-corrected chi connectivity index (χ0v) is 29.7. The van der Waals surface area contributed by atoms with E-state index in [0.717, 1.165) is 21.7 Å². The second-order valence-corrected chi connectivity index (χ2v) is 15.1. The minimum absolute atomic E-state index is 0.0533. The third-order valence-corrected chi connectivity index (χ3v) is 10.0. The Balaban J connectivity index is 1.45. The topological polar surface area (TPSA) is 184 Å². The van der Waals surface area contributed by atoms with Crippen LogP contribution in [-0.4, -0.2) is 79.3 Å². The van der Waals surface area contributed by atoms with Crippen molar-refractivity contribution in [2.24, 2.45) is 5.92 Å². The molecule has 16 heteroatoms. The Labute approximate surface area is 294 Å². The number of anilines is 1. The van der Waals surface area contributed by atoms with Crippen molar-refractivity contribution in [3.8, 4) is 0 Å². The Kier molecular flexibility index (Phi) is 11.3. The Morgan fingerprint density at radius 3 is 2.50 bits per heavy atom. The van der Waals surface area contributed by atoms with Crippen LogP contribution >= 0.6 is 11.3 Å². The van der Waals surface area contributed by atoms with Gasteiger partial charge >= 0.3 is 0 Å². The van der Waals surface area contributed by atoms with Gasteiger partial charge in [-0.1, -0.05) is 56.3 Å². The number of hydrogen-bond donors (Lipinski definition) is 3. The molecule has 2 atom stereocenters. The predicted molar refractivity (Wildman–Crippen MR) is 187 cm³/mol. The highest BCUT2D eigenvalue weighted by atomic mass is 32.2. The van der Waals surface area contributed by atoms with Gasteiger partial charge in [-0.2, -0.15) is 0 Å². The maximum absolute atomic E-state index is 13.7. The number of aryl methyl sites for hydroxylation is 1. The summed E-state index contributed by atoms with van der Waals surface area (Å²) in [4.78, 5) is 63.9. The fourth-order valence-corrected chi connectivity index (χ4v) is 7.23. The molecule has 0 aliphatic carbocycles. The van der Waals surface area contributed by atoms with Gasteiger partial charge in [0.2, 0.25) is 27.7 Å². The maximum Gasteiger partial charge on any atom is 0.273 e. The number of aromatic nitrogens is 2. The first kappa shape index (κ1) is 36.2. The lowest BCUT2D eigenvalue weighted by Crippen LogP contribution is -2.49. The number of nitrogens with zero attached hydrogens (tertiary/aromatic N) is 4. The summed E-state index contributed by atoms with van der Waals surface area (Å²) in [7, 11) is -3.89. The molecule has 1 aliphatic rings. The standard InChI is InChI=1S/C34H39N7O7S2/c1-21(2)30-34-38-27(20-49-34)32(45)36-25(16-23-10-6-5-7-11-23)33-37-26(19-48-33)31(44)35-13-14-40(17-28(42)39-30)29(43)18-41(50(4,46)47)24-12-8-9-22(3)15-24/h5-12,15,19-21,25,30H,13-14,16-18H2,1-4H3,(H,35,44)(H,36,45)(H,39,42)/t25-,30-/m0/s1. The molecule has 3 heterocycles. The van der Waals surface area contributed by atoms with Crippen LogP contribution in [0.5, 0.6) is 0 Å². The fourth-order valence-electron chi connectivity index (χ4n) is 5.37. The maximum atomic E-state index is 13.7. The fraction of sp³-hybridized carbons (Fsp3) is 0.353. The molecule has 4 bridgehead atoms. The Morgan fingerprint density at radius 1 is 1.04 bits per heavy atom. The molecule has 0 spiro atoms. The van der Waals surface area contributed by atoms with Crippen LogP contribution in [0.2, 0.25) is 0 Å². The molecule has 2 aromatic carbocycles. The largest absolute Gasteiger partial charge is 0.446 e. The summed E-state index contributed by atoms with van der Waals surface area (Å²) >= 11 is 1.21. The number of oxazole rings is 1. The van der Waals surface area contributed by atoms with Gasteiger partial charge in [0.05, 0.1) is 24.5 Å². The molecule has 0 radical (unpaired) electrons. The molecule has 0 saturated heterocycles. The minimum atomic E-state index is -3.89. The van der Waals surface area contributed by atoms with Gasteiger partial charge in [0, 0.05) is 24.9 Å². The summed E-state index contributed by atoms with van der Waals surface area (Å²) in [5.74, 6) is -2.31. The molecule has 1 aliphatic heterocycles. The van der Waals surface area contributed by atoms with E-state index in [1.165, 1.54) is 22.5 Å². The number of amides is 4. The van der Waals surface area contributed by atoms with Crippen LogP contribution in [0.15, 0.2) is 70.7 Å². The summed E-state index contributed by atoms with van der Waals surface area (Å²) in [5.41, 5.74) is 2.07. The van der Waals surface area contributed by atoms with Crippen molar-refractivity contribution in [3.63, 3.8) is 0 Å². The van der Waals surface area contributed by atoms with Gasteiger partial charge < -0.3 is 25.3 Å². The highest BCUT2D eigenvalue weighted by molar-refractivity contribution is 7.92. The molecule has 3 N–H and O–H groups in total. The number of rotatable bonds is 7. The van der Waals surface area contributed by atoms with Crippen molar-refractivity contribution in [2.45, 2.75) is 39.3 Å².